The van der Waals surface area contributed by atoms with Gasteiger partial charge in [-0.2, -0.15) is 5.26 Å². The summed E-state index contributed by atoms with van der Waals surface area (Å²) in [4.78, 5) is 14.1. The molecule has 1 aromatic heterocycles. The van der Waals surface area contributed by atoms with Crippen molar-refractivity contribution in [2.24, 2.45) is 0 Å². The van der Waals surface area contributed by atoms with Crippen molar-refractivity contribution >= 4 is 11.8 Å². The Balaban J connectivity index is 2.02. The molecule has 0 fully saturated rings. The van der Waals surface area contributed by atoms with Crippen LogP contribution in [-0.4, -0.2) is 23.9 Å². The van der Waals surface area contributed by atoms with Gasteiger partial charge in [-0.3, -0.25) is 15.0 Å². The van der Waals surface area contributed by atoms with Gasteiger partial charge in [-0.25, -0.2) is 4.39 Å². The highest BCUT2D eigenvalue weighted by Gasteiger charge is 2.18. The zero-order valence-corrected chi connectivity index (χ0v) is 14.0. The van der Waals surface area contributed by atoms with E-state index in [0.717, 1.165) is 11.1 Å². The normalized spacial score (nSPS) is 10.7. The van der Waals surface area contributed by atoms with Crippen LogP contribution in [0.2, 0.25) is 0 Å². The Hall–Kier alpha value is -2.65. The summed E-state index contributed by atoms with van der Waals surface area (Å²) in [6, 6.07) is 8.34. The first-order valence-corrected chi connectivity index (χ1v) is 7.71. The summed E-state index contributed by atoms with van der Waals surface area (Å²) in [6.07, 6.45) is 0. The number of nitriles is 1. The van der Waals surface area contributed by atoms with Crippen molar-refractivity contribution in [1.82, 2.24) is 4.90 Å². The average molecular weight is 329 g/mol. The van der Waals surface area contributed by atoms with Crippen LogP contribution in [0.25, 0.3) is 0 Å². The summed E-state index contributed by atoms with van der Waals surface area (Å²) < 4.78 is 18.7. The van der Waals surface area contributed by atoms with Crippen LogP contribution in [0.5, 0.6) is 0 Å². The highest BCUT2D eigenvalue weighted by Crippen LogP contribution is 2.25. The third kappa shape index (κ3) is 4.21. The molecule has 0 unspecified atom stereocenters. The molecule has 0 saturated carbocycles. The highest BCUT2D eigenvalue weighted by molar-refractivity contribution is 5.92. The van der Waals surface area contributed by atoms with Crippen LogP contribution in [0, 0.1) is 31.0 Å². The number of rotatable bonds is 6. The lowest BCUT2D eigenvalue weighted by Crippen LogP contribution is -2.32. The molecule has 0 aliphatic heterocycles. The predicted octanol–water partition coefficient (Wildman–Crippen LogP) is 3.37. The number of carbonyl (C=O) groups excluding carboxylic acids is 1. The SMILES string of the molecule is CCN(CC(=O)Nc1oc(C)c(C)c1C#N)Cc1cccc(F)c1. The molecule has 5 nitrogen and oxygen atoms in total. The van der Waals surface area contributed by atoms with Crippen LogP contribution >= 0.6 is 0 Å². The molecule has 1 heterocycles. The Morgan fingerprint density at radius 1 is 1.42 bits per heavy atom. The maximum atomic E-state index is 13.3. The van der Waals surface area contributed by atoms with Gasteiger partial charge in [0.1, 0.15) is 23.2 Å². The van der Waals surface area contributed by atoms with E-state index in [2.05, 4.69) is 5.32 Å². The largest absolute Gasteiger partial charge is 0.444 e. The Morgan fingerprint density at radius 3 is 2.79 bits per heavy atom. The van der Waals surface area contributed by atoms with Crippen molar-refractivity contribution in [1.29, 1.82) is 5.26 Å². The van der Waals surface area contributed by atoms with E-state index in [9.17, 15) is 9.18 Å². The number of likely N-dealkylation sites (N-methyl/N-ethyl adjacent to an activating group) is 1. The van der Waals surface area contributed by atoms with Crippen LogP contribution in [0.4, 0.5) is 10.3 Å². The minimum atomic E-state index is -0.298. The first kappa shape index (κ1) is 17.7. The molecule has 0 aliphatic carbocycles. The minimum absolute atomic E-state index is 0.122. The van der Waals surface area contributed by atoms with Gasteiger partial charge < -0.3 is 4.42 Å². The Bertz CT molecular complexity index is 777. The van der Waals surface area contributed by atoms with E-state index in [-0.39, 0.29) is 24.2 Å². The van der Waals surface area contributed by atoms with E-state index in [1.807, 2.05) is 24.0 Å². The number of amides is 1. The zero-order chi connectivity index (χ0) is 17.7. The first-order valence-electron chi connectivity index (χ1n) is 7.71. The van der Waals surface area contributed by atoms with Gasteiger partial charge in [0.25, 0.3) is 0 Å². The molecule has 6 heteroatoms. The van der Waals surface area contributed by atoms with E-state index in [0.29, 0.717) is 24.4 Å². The summed E-state index contributed by atoms with van der Waals surface area (Å²) in [7, 11) is 0. The molecule has 0 saturated heterocycles. The number of furan rings is 1. The van der Waals surface area contributed by atoms with Crippen molar-refractivity contribution in [3.05, 3.63) is 52.5 Å². The number of benzene rings is 1. The second kappa shape index (κ2) is 7.75. The van der Waals surface area contributed by atoms with Gasteiger partial charge in [-0.05, 0) is 38.1 Å². The quantitative estimate of drug-likeness (QED) is 0.882. The molecular formula is C18H20FN3O2. The summed E-state index contributed by atoms with van der Waals surface area (Å²) in [5.41, 5.74) is 1.86. The Morgan fingerprint density at radius 2 is 2.17 bits per heavy atom. The fourth-order valence-electron chi connectivity index (χ4n) is 2.39. The fraction of sp³-hybridized carbons (Fsp3) is 0.333. The minimum Gasteiger partial charge on any atom is -0.444 e. The van der Waals surface area contributed by atoms with Crippen LogP contribution in [-0.2, 0) is 11.3 Å². The van der Waals surface area contributed by atoms with Gasteiger partial charge >= 0.3 is 0 Å². The number of nitrogens with zero attached hydrogens (tertiary/aromatic N) is 2. The second-order valence-corrected chi connectivity index (χ2v) is 5.58. The lowest BCUT2D eigenvalue weighted by molar-refractivity contribution is -0.117. The third-order valence-corrected chi connectivity index (χ3v) is 3.86. The standard InChI is InChI=1S/C18H20FN3O2/c1-4-22(10-14-6-5-7-15(19)8-14)11-17(23)21-18-16(9-20)12(2)13(3)24-18/h5-8H,4,10-11H2,1-3H3,(H,21,23). The van der Waals surface area contributed by atoms with Gasteiger partial charge in [0.2, 0.25) is 11.8 Å². The summed E-state index contributed by atoms with van der Waals surface area (Å²) >= 11 is 0. The highest BCUT2D eigenvalue weighted by atomic mass is 19.1. The van der Waals surface area contributed by atoms with Crippen LogP contribution in [0.1, 0.15) is 29.4 Å². The molecule has 1 aromatic carbocycles. The number of hydrogen-bond donors (Lipinski definition) is 1. The summed E-state index contributed by atoms with van der Waals surface area (Å²) in [5, 5.41) is 11.8. The molecule has 0 radical (unpaired) electrons. The van der Waals surface area contributed by atoms with Gasteiger partial charge in [0, 0.05) is 12.1 Å². The van der Waals surface area contributed by atoms with Gasteiger partial charge in [-0.1, -0.05) is 19.1 Å². The van der Waals surface area contributed by atoms with Gasteiger partial charge in [-0.15, -0.1) is 0 Å². The Labute approximate surface area is 140 Å². The number of aryl methyl sites for hydroxylation is 1. The number of nitrogens with one attached hydrogen (secondary N) is 1. The van der Waals surface area contributed by atoms with Gasteiger partial charge in [0.15, 0.2) is 0 Å². The monoisotopic (exact) mass is 329 g/mol. The van der Waals surface area contributed by atoms with E-state index in [1.165, 1.54) is 12.1 Å². The number of halogens is 1. The third-order valence-electron chi connectivity index (χ3n) is 3.86. The lowest BCUT2D eigenvalue weighted by Gasteiger charge is -2.19. The van der Waals surface area contributed by atoms with E-state index >= 15 is 0 Å². The van der Waals surface area contributed by atoms with Crippen molar-refractivity contribution in [3.8, 4) is 6.07 Å². The van der Waals surface area contributed by atoms with E-state index in [4.69, 9.17) is 9.68 Å². The molecule has 126 valence electrons. The first-order chi connectivity index (χ1) is 11.4. The molecule has 1 amide bonds. The maximum absolute atomic E-state index is 13.3. The molecule has 2 rings (SSSR count). The zero-order valence-electron chi connectivity index (χ0n) is 14.0. The molecule has 2 aromatic rings. The maximum Gasteiger partial charge on any atom is 0.240 e. The van der Waals surface area contributed by atoms with Crippen LogP contribution < -0.4 is 5.32 Å². The molecule has 0 spiro atoms. The van der Waals surface area contributed by atoms with Crippen LogP contribution in [0.3, 0.4) is 0 Å². The van der Waals surface area contributed by atoms with E-state index < -0.39 is 0 Å². The van der Waals surface area contributed by atoms with Crippen molar-refractivity contribution in [2.45, 2.75) is 27.3 Å². The predicted molar refractivity (Wildman–Crippen MR) is 88.9 cm³/mol. The number of anilines is 1. The number of hydrogen-bond acceptors (Lipinski definition) is 4. The van der Waals surface area contributed by atoms with Crippen LogP contribution in [0.15, 0.2) is 28.7 Å². The fourth-order valence-corrected chi connectivity index (χ4v) is 2.39. The lowest BCUT2D eigenvalue weighted by atomic mass is 10.2. The molecular weight excluding hydrogens is 309 g/mol. The molecule has 0 atom stereocenters. The van der Waals surface area contributed by atoms with Crippen molar-refractivity contribution in [2.75, 3.05) is 18.4 Å². The topological polar surface area (TPSA) is 69.3 Å². The molecule has 0 aliphatic rings. The molecule has 0 bridgehead atoms. The average Bonchev–Trinajstić information content (AvgIpc) is 2.80. The number of carbonyl (C=O) groups is 1. The van der Waals surface area contributed by atoms with Crippen molar-refractivity contribution in [3.63, 3.8) is 0 Å². The Kier molecular flexibility index (Phi) is 5.72. The molecule has 1 N–H and O–H groups in total. The second-order valence-electron chi connectivity index (χ2n) is 5.58. The summed E-state index contributed by atoms with van der Waals surface area (Å²) in [6.45, 7) is 6.66. The van der Waals surface area contributed by atoms with E-state index in [1.54, 1.807) is 19.9 Å². The van der Waals surface area contributed by atoms with Gasteiger partial charge in [0.05, 0.1) is 6.54 Å². The molecule has 24 heavy (non-hydrogen) atoms. The van der Waals surface area contributed by atoms with Crippen molar-refractivity contribution < 1.29 is 13.6 Å². The summed E-state index contributed by atoms with van der Waals surface area (Å²) in [5.74, 6) is 0.208. The smallest absolute Gasteiger partial charge is 0.240 e.